The van der Waals surface area contributed by atoms with E-state index >= 15 is 0 Å². The third kappa shape index (κ3) is 3.76. The summed E-state index contributed by atoms with van der Waals surface area (Å²) in [5.74, 6) is -0.358. The molecule has 26 heavy (non-hydrogen) atoms. The average molecular weight is 364 g/mol. The Morgan fingerprint density at radius 2 is 1.88 bits per heavy atom. The molecule has 0 amide bonds. The van der Waals surface area contributed by atoms with Gasteiger partial charge in [-0.05, 0) is 36.8 Å². The molecule has 0 aliphatic carbocycles. The standard InChI is InChI=1S/C19H16N4O2S/c1-13(15-5-3-2-4-6-15)23-18(16-9-7-14(11-20)8-10-16)21-22-19(23)26-12-17(24)25/h2-10,13H,12H2,1H3,(H,24,25). The maximum Gasteiger partial charge on any atom is 0.313 e. The number of benzene rings is 2. The van der Waals surface area contributed by atoms with E-state index in [1.807, 2.05) is 54.0 Å². The van der Waals surface area contributed by atoms with Crippen molar-refractivity contribution in [3.05, 3.63) is 65.7 Å². The minimum atomic E-state index is -0.906. The summed E-state index contributed by atoms with van der Waals surface area (Å²) in [5.41, 5.74) is 2.46. The van der Waals surface area contributed by atoms with Crippen LogP contribution in [0.3, 0.4) is 0 Å². The highest BCUT2D eigenvalue weighted by molar-refractivity contribution is 7.99. The Hall–Kier alpha value is -3.11. The highest BCUT2D eigenvalue weighted by Gasteiger charge is 2.21. The molecule has 0 aliphatic heterocycles. The minimum Gasteiger partial charge on any atom is -0.481 e. The van der Waals surface area contributed by atoms with Gasteiger partial charge in [0.15, 0.2) is 11.0 Å². The molecule has 0 fully saturated rings. The minimum absolute atomic E-state index is 0.0758. The lowest BCUT2D eigenvalue weighted by atomic mass is 10.1. The number of carboxylic acids is 1. The van der Waals surface area contributed by atoms with Gasteiger partial charge in [0.2, 0.25) is 0 Å². The Morgan fingerprint density at radius 1 is 1.19 bits per heavy atom. The number of aromatic nitrogens is 3. The molecular formula is C19H16N4O2S. The number of nitrogens with zero attached hydrogens (tertiary/aromatic N) is 4. The molecule has 0 aliphatic rings. The van der Waals surface area contributed by atoms with Crippen LogP contribution in [0.5, 0.6) is 0 Å². The average Bonchev–Trinajstić information content (AvgIpc) is 3.10. The molecule has 0 radical (unpaired) electrons. The summed E-state index contributed by atoms with van der Waals surface area (Å²) < 4.78 is 1.93. The van der Waals surface area contributed by atoms with Crippen molar-refractivity contribution in [3.8, 4) is 17.5 Å². The lowest BCUT2D eigenvalue weighted by molar-refractivity contribution is -0.133. The van der Waals surface area contributed by atoms with Crippen molar-refractivity contribution in [2.75, 3.05) is 5.75 Å². The molecule has 130 valence electrons. The second-order valence-corrected chi connectivity index (χ2v) is 6.58. The normalized spacial score (nSPS) is 11.7. The second-order valence-electron chi connectivity index (χ2n) is 5.63. The van der Waals surface area contributed by atoms with Crippen LogP contribution in [0, 0.1) is 11.3 Å². The fraction of sp³-hybridized carbons (Fsp3) is 0.158. The largest absolute Gasteiger partial charge is 0.481 e. The number of thioether (sulfide) groups is 1. The van der Waals surface area contributed by atoms with Crippen LogP contribution in [0.1, 0.15) is 24.1 Å². The van der Waals surface area contributed by atoms with Gasteiger partial charge in [0.1, 0.15) is 0 Å². The van der Waals surface area contributed by atoms with Gasteiger partial charge in [-0.1, -0.05) is 42.1 Å². The molecule has 1 N–H and O–H groups in total. The molecule has 0 spiro atoms. The Kier molecular flexibility index (Phi) is 5.34. The van der Waals surface area contributed by atoms with Gasteiger partial charge in [-0.3, -0.25) is 9.36 Å². The number of hydrogen-bond donors (Lipinski definition) is 1. The lowest BCUT2D eigenvalue weighted by Gasteiger charge is -2.18. The van der Waals surface area contributed by atoms with E-state index in [0.29, 0.717) is 16.5 Å². The molecule has 0 bridgehead atoms. The first-order valence-electron chi connectivity index (χ1n) is 7.95. The van der Waals surface area contributed by atoms with E-state index in [2.05, 4.69) is 16.3 Å². The number of carbonyl (C=O) groups is 1. The first kappa shape index (κ1) is 17.7. The summed E-state index contributed by atoms with van der Waals surface area (Å²) in [4.78, 5) is 11.0. The molecule has 2 aromatic carbocycles. The predicted molar refractivity (Wildman–Crippen MR) is 98.8 cm³/mol. The van der Waals surface area contributed by atoms with Crippen LogP contribution in [0.15, 0.2) is 59.8 Å². The Bertz CT molecular complexity index is 946. The molecule has 6 nitrogen and oxygen atoms in total. The molecule has 1 aromatic heterocycles. The van der Waals surface area contributed by atoms with E-state index in [0.717, 1.165) is 22.9 Å². The monoisotopic (exact) mass is 364 g/mol. The molecule has 1 unspecified atom stereocenters. The summed E-state index contributed by atoms with van der Waals surface area (Å²) in [7, 11) is 0. The number of nitriles is 1. The van der Waals surface area contributed by atoms with E-state index in [9.17, 15) is 4.79 Å². The van der Waals surface area contributed by atoms with Gasteiger partial charge in [0, 0.05) is 5.56 Å². The van der Waals surface area contributed by atoms with E-state index < -0.39 is 5.97 Å². The number of rotatable bonds is 6. The summed E-state index contributed by atoms with van der Waals surface area (Å²) in [6.07, 6.45) is 0. The van der Waals surface area contributed by atoms with Crippen LogP contribution >= 0.6 is 11.8 Å². The van der Waals surface area contributed by atoms with Gasteiger partial charge in [-0.15, -0.1) is 10.2 Å². The predicted octanol–water partition coefficient (Wildman–Crippen LogP) is 3.60. The molecule has 1 atom stereocenters. The van der Waals surface area contributed by atoms with Crippen molar-refractivity contribution in [1.82, 2.24) is 14.8 Å². The maximum absolute atomic E-state index is 11.0. The molecule has 1 heterocycles. The SMILES string of the molecule is CC(c1ccccc1)n1c(SCC(=O)O)nnc1-c1ccc(C#N)cc1. The number of hydrogen-bond acceptors (Lipinski definition) is 5. The third-order valence-corrected chi connectivity index (χ3v) is 4.86. The van der Waals surface area contributed by atoms with Crippen LogP contribution < -0.4 is 0 Å². The zero-order valence-electron chi connectivity index (χ0n) is 14.0. The second kappa shape index (κ2) is 7.85. The maximum atomic E-state index is 11.0. The molecule has 3 aromatic rings. The van der Waals surface area contributed by atoms with Crippen LogP contribution in [-0.4, -0.2) is 31.6 Å². The Balaban J connectivity index is 2.06. The molecule has 7 heteroatoms. The van der Waals surface area contributed by atoms with Gasteiger partial charge < -0.3 is 5.11 Å². The van der Waals surface area contributed by atoms with Gasteiger partial charge in [0.05, 0.1) is 23.4 Å². The Morgan fingerprint density at radius 3 is 2.50 bits per heavy atom. The zero-order chi connectivity index (χ0) is 18.5. The fourth-order valence-corrected chi connectivity index (χ4v) is 3.36. The quantitative estimate of drug-likeness (QED) is 0.672. The van der Waals surface area contributed by atoms with Crippen molar-refractivity contribution >= 4 is 17.7 Å². The number of carboxylic acid groups (broad SMARTS) is 1. The summed E-state index contributed by atoms with van der Waals surface area (Å²) in [6, 6.07) is 19.0. The van der Waals surface area contributed by atoms with Crippen LogP contribution in [0.25, 0.3) is 11.4 Å². The van der Waals surface area contributed by atoms with Crippen LogP contribution in [-0.2, 0) is 4.79 Å². The summed E-state index contributed by atoms with van der Waals surface area (Å²) in [6.45, 7) is 2.02. The fourth-order valence-electron chi connectivity index (χ4n) is 2.62. The third-order valence-electron chi connectivity index (χ3n) is 3.93. The summed E-state index contributed by atoms with van der Waals surface area (Å²) in [5, 5.41) is 27.0. The zero-order valence-corrected chi connectivity index (χ0v) is 14.8. The lowest BCUT2D eigenvalue weighted by Crippen LogP contribution is -2.11. The van der Waals surface area contributed by atoms with E-state index in [4.69, 9.17) is 10.4 Å². The Labute approximate surface area is 155 Å². The van der Waals surface area contributed by atoms with E-state index in [1.165, 1.54) is 0 Å². The highest BCUT2D eigenvalue weighted by Crippen LogP contribution is 2.31. The van der Waals surface area contributed by atoms with Crippen molar-refractivity contribution < 1.29 is 9.90 Å². The number of aliphatic carboxylic acids is 1. The molecule has 0 saturated carbocycles. The smallest absolute Gasteiger partial charge is 0.313 e. The van der Waals surface area contributed by atoms with Crippen molar-refractivity contribution in [3.63, 3.8) is 0 Å². The van der Waals surface area contributed by atoms with E-state index in [-0.39, 0.29) is 11.8 Å². The molecular weight excluding hydrogens is 348 g/mol. The van der Waals surface area contributed by atoms with Gasteiger partial charge in [0.25, 0.3) is 0 Å². The van der Waals surface area contributed by atoms with Crippen LogP contribution in [0.2, 0.25) is 0 Å². The summed E-state index contributed by atoms with van der Waals surface area (Å²) >= 11 is 1.14. The topological polar surface area (TPSA) is 91.8 Å². The first-order valence-corrected chi connectivity index (χ1v) is 8.93. The van der Waals surface area contributed by atoms with Crippen molar-refractivity contribution in [1.29, 1.82) is 5.26 Å². The molecule has 0 saturated heterocycles. The van der Waals surface area contributed by atoms with Crippen molar-refractivity contribution in [2.45, 2.75) is 18.1 Å². The molecule has 3 rings (SSSR count). The van der Waals surface area contributed by atoms with Crippen molar-refractivity contribution in [2.24, 2.45) is 0 Å². The van der Waals surface area contributed by atoms with Gasteiger partial charge in [-0.2, -0.15) is 5.26 Å². The van der Waals surface area contributed by atoms with Gasteiger partial charge >= 0.3 is 5.97 Å². The van der Waals surface area contributed by atoms with E-state index in [1.54, 1.807) is 12.1 Å². The highest BCUT2D eigenvalue weighted by atomic mass is 32.2. The first-order chi connectivity index (χ1) is 12.6. The van der Waals surface area contributed by atoms with Crippen LogP contribution in [0.4, 0.5) is 0 Å². The van der Waals surface area contributed by atoms with Gasteiger partial charge in [-0.25, -0.2) is 0 Å².